The van der Waals surface area contributed by atoms with E-state index in [1.807, 2.05) is 64.4 Å². The molecule has 2 aromatic rings. The number of carbonyl (C=O) groups excluding carboxylic acids is 2. The molecule has 0 N–H and O–H groups in total. The Balaban J connectivity index is 1.60. The smallest absolute Gasteiger partial charge is 0.246 e. The monoisotopic (exact) mass is 482 g/mol. The minimum absolute atomic E-state index is 0.0106. The van der Waals surface area contributed by atoms with Gasteiger partial charge >= 0.3 is 0 Å². The summed E-state index contributed by atoms with van der Waals surface area (Å²) < 4.78 is 1.03. The Morgan fingerprint density at radius 1 is 1.10 bits per heavy atom. The number of likely N-dealkylation sites (tertiary alicyclic amines) is 1. The van der Waals surface area contributed by atoms with Gasteiger partial charge in [0.05, 0.1) is 6.04 Å². The lowest BCUT2D eigenvalue weighted by Crippen LogP contribution is -2.45. The number of amides is 2. The maximum absolute atomic E-state index is 13.4. The van der Waals surface area contributed by atoms with Gasteiger partial charge in [-0.3, -0.25) is 9.59 Å². The Labute approximate surface area is 194 Å². The van der Waals surface area contributed by atoms with Gasteiger partial charge in [-0.1, -0.05) is 71.4 Å². The van der Waals surface area contributed by atoms with E-state index in [2.05, 4.69) is 35.8 Å². The Morgan fingerprint density at radius 2 is 1.74 bits per heavy atom. The molecule has 1 aliphatic rings. The van der Waals surface area contributed by atoms with Crippen molar-refractivity contribution in [2.24, 2.45) is 5.92 Å². The van der Waals surface area contributed by atoms with Gasteiger partial charge in [0, 0.05) is 36.1 Å². The van der Waals surface area contributed by atoms with E-state index in [-0.39, 0.29) is 23.8 Å². The van der Waals surface area contributed by atoms with Gasteiger partial charge in [-0.15, -0.1) is 0 Å². The van der Waals surface area contributed by atoms with Gasteiger partial charge in [0.25, 0.3) is 0 Å². The fraction of sp³-hybridized carbons (Fsp3) is 0.385. The second kappa shape index (κ2) is 11.3. The number of hydrogen-bond acceptors (Lipinski definition) is 2. The summed E-state index contributed by atoms with van der Waals surface area (Å²) in [6, 6.07) is 17.9. The number of nitrogens with zero attached hydrogens (tertiary/aromatic N) is 2. The van der Waals surface area contributed by atoms with Gasteiger partial charge in [0.2, 0.25) is 11.8 Å². The van der Waals surface area contributed by atoms with Crippen molar-refractivity contribution in [3.63, 3.8) is 0 Å². The van der Waals surface area contributed by atoms with E-state index in [0.717, 1.165) is 28.6 Å². The third-order valence-corrected chi connectivity index (χ3v) is 6.67. The fourth-order valence-electron chi connectivity index (χ4n) is 4.14. The summed E-state index contributed by atoms with van der Waals surface area (Å²) >= 11 is 3.63. The quantitative estimate of drug-likeness (QED) is 0.474. The molecule has 164 valence electrons. The molecule has 31 heavy (non-hydrogen) atoms. The van der Waals surface area contributed by atoms with E-state index < -0.39 is 0 Å². The van der Waals surface area contributed by atoms with Crippen molar-refractivity contribution >= 4 is 33.8 Å². The first-order valence-electron chi connectivity index (χ1n) is 11.1. The molecule has 2 amide bonds. The van der Waals surface area contributed by atoms with Crippen molar-refractivity contribution in [2.45, 2.75) is 39.2 Å². The van der Waals surface area contributed by atoms with Gasteiger partial charge in [0.15, 0.2) is 0 Å². The number of hydrogen-bond donors (Lipinski definition) is 0. The normalized spacial score (nSPS) is 15.8. The van der Waals surface area contributed by atoms with Crippen LogP contribution in [-0.4, -0.2) is 41.2 Å². The van der Waals surface area contributed by atoms with E-state index in [1.54, 1.807) is 6.08 Å². The average molecular weight is 483 g/mol. The predicted octanol–water partition coefficient (Wildman–Crippen LogP) is 5.70. The van der Waals surface area contributed by atoms with Crippen molar-refractivity contribution in [3.05, 3.63) is 76.3 Å². The van der Waals surface area contributed by atoms with Crippen molar-refractivity contribution < 1.29 is 9.59 Å². The Morgan fingerprint density at radius 3 is 2.39 bits per heavy atom. The van der Waals surface area contributed by atoms with Crippen LogP contribution in [0, 0.1) is 5.92 Å². The van der Waals surface area contributed by atoms with E-state index in [1.165, 1.54) is 0 Å². The van der Waals surface area contributed by atoms with Crippen LogP contribution >= 0.6 is 15.9 Å². The standard InChI is InChI=1S/C26H31BrN2O2/c1-3-17-29(20(2)23-11-7-8-12-24(23)27)26(31)22-15-18-28(19-16-22)25(30)14-13-21-9-5-4-6-10-21/h4-14,20,22H,3,15-19H2,1-2H3/b14-13+/t20-/m1/s1. The summed E-state index contributed by atoms with van der Waals surface area (Å²) in [4.78, 5) is 29.8. The van der Waals surface area contributed by atoms with Crippen LogP contribution in [0.3, 0.4) is 0 Å². The Bertz CT molecular complexity index is 905. The Kier molecular flexibility index (Phi) is 8.47. The van der Waals surface area contributed by atoms with E-state index in [9.17, 15) is 9.59 Å². The predicted molar refractivity (Wildman–Crippen MR) is 129 cm³/mol. The lowest BCUT2D eigenvalue weighted by Gasteiger charge is -2.36. The van der Waals surface area contributed by atoms with Gasteiger partial charge in [-0.05, 0) is 49.5 Å². The highest BCUT2D eigenvalue weighted by atomic mass is 79.9. The average Bonchev–Trinajstić information content (AvgIpc) is 2.81. The van der Waals surface area contributed by atoms with Crippen molar-refractivity contribution in [1.29, 1.82) is 0 Å². The van der Waals surface area contributed by atoms with Crippen LogP contribution in [0.15, 0.2) is 65.1 Å². The molecule has 1 heterocycles. The van der Waals surface area contributed by atoms with Gasteiger partial charge in [-0.25, -0.2) is 0 Å². The van der Waals surface area contributed by atoms with Crippen molar-refractivity contribution in [2.75, 3.05) is 19.6 Å². The highest BCUT2D eigenvalue weighted by Gasteiger charge is 2.32. The molecule has 0 spiro atoms. The van der Waals surface area contributed by atoms with Gasteiger partial charge < -0.3 is 9.80 Å². The molecule has 1 aliphatic heterocycles. The van der Waals surface area contributed by atoms with Crippen LogP contribution in [0.1, 0.15) is 50.3 Å². The molecule has 1 fully saturated rings. The number of carbonyl (C=O) groups is 2. The Hall–Kier alpha value is -2.40. The molecule has 5 heteroatoms. The molecule has 2 aromatic carbocycles. The van der Waals surface area contributed by atoms with Crippen LogP contribution in [0.4, 0.5) is 0 Å². The van der Waals surface area contributed by atoms with Crippen LogP contribution in [-0.2, 0) is 9.59 Å². The van der Waals surface area contributed by atoms with Crippen LogP contribution in [0.5, 0.6) is 0 Å². The second-order valence-electron chi connectivity index (χ2n) is 8.07. The van der Waals surface area contributed by atoms with Crippen LogP contribution < -0.4 is 0 Å². The topological polar surface area (TPSA) is 40.6 Å². The molecule has 0 bridgehead atoms. The molecular weight excluding hydrogens is 452 g/mol. The highest BCUT2D eigenvalue weighted by Crippen LogP contribution is 2.30. The van der Waals surface area contributed by atoms with Crippen molar-refractivity contribution in [1.82, 2.24) is 9.80 Å². The summed E-state index contributed by atoms with van der Waals surface area (Å²) in [5.74, 6) is 0.192. The van der Waals surface area contributed by atoms with Crippen LogP contribution in [0.2, 0.25) is 0 Å². The maximum Gasteiger partial charge on any atom is 0.246 e. The summed E-state index contributed by atoms with van der Waals surface area (Å²) in [5.41, 5.74) is 2.14. The van der Waals surface area contributed by atoms with Gasteiger partial charge in [-0.2, -0.15) is 0 Å². The van der Waals surface area contributed by atoms with Crippen LogP contribution in [0.25, 0.3) is 6.08 Å². The van der Waals surface area contributed by atoms with E-state index >= 15 is 0 Å². The molecule has 0 saturated carbocycles. The van der Waals surface area contributed by atoms with Gasteiger partial charge in [0.1, 0.15) is 0 Å². The molecule has 0 unspecified atom stereocenters. The summed E-state index contributed by atoms with van der Waals surface area (Å²) in [5, 5.41) is 0. The lowest BCUT2D eigenvalue weighted by molar-refractivity contribution is -0.141. The molecule has 0 aliphatic carbocycles. The summed E-state index contributed by atoms with van der Waals surface area (Å²) in [6.07, 6.45) is 5.83. The number of benzene rings is 2. The molecule has 0 radical (unpaired) electrons. The van der Waals surface area contributed by atoms with Crippen molar-refractivity contribution in [3.8, 4) is 0 Å². The first kappa shape index (κ1) is 23.3. The second-order valence-corrected chi connectivity index (χ2v) is 8.93. The lowest BCUT2D eigenvalue weighted by atomic mass is 9.93. The zero-order chi connectivity index (χ0) is 22.2. The number of halogens is 1. The molecule has 4 nitrogen and oxygen atoms in total. The molecule has 1 atom stereocenters. The number of piperidine rings is 1. The zero-order valence-corrected chi connectivity index (χ0v) is 19.9. The summed E-state index contributed by atoms with van der Waals surface area (Å²) in [7, 11) is 0. The number of rotatable bonds is 7. The molecular formula is C26H31BrN2O2. The minimum atomic E-state index is -0.0290. The molecule has 0 aromatic heterocycles. The minimum Gasteiger partial charge on any atom is -0.339 e. The fourth-order valence-corrected chi connectivity index (χ4v) is 4.75. The zero-order valence-electron chi connectivity index (χ0n) is 18.3. The third kappa shape index (κ3) is 6.07. The first-order chi connectivity index (χ1) is 15.0. The third-order valence-electron chi connectivity index (χ3n) is 5.94. The maximum atomic E-state index is 13.4. The molecule has 1 saturated heterocycles. The SMILES string of the molecule is CCCN(C(=O)C1CCN(C(=O)/C=C/c2ccccc2)CC1)[C@H](C)c1ccccc1Br. The van der Waals surface area contributed by atoms with E-state index in [0.29, 0.717) is 25.9 Å². The molecule has 3 rings (SSSR count). The largest absolute Gasteiger partial charge is 0.339 e. The summed E-state index contributed by atoms with van der Waals surface area (Å²) in [6.45, 7) is 6.18. The first-order valence-corrected chi connectivity index (χ1v) is 11.9. The highest BCUT2D eigenvalue weighted by molar-refractivity contribution is 9.10. The van der Waals surface area contributed by atoms with E-state index in [4.69, 9.17) is 0 Å².